The van der Waals surface area contributed by atoms with Gasteiger partial charge in [0.2, 0.25) is 0 Å². The summed E-state index contributed by atoms with van der Waals surface area (Å²) in [5, 5.41) is 14.7. The highest BCUT2D eigenvalue weighted by molar-refractivity contribution is 6.50. The van der Waals surface area contributed by atoms with Gasteiger partial charge in [-0.2, -0.15) is 0 Å². The maximum absolute atomic E-state index is 13.1. The molecule has 2 amide bonds. The molecule has 2 aromatic carbocycles. The minimum absolute atomic E-state index is 0.0852. The Bertz CT molecular complexity index is 1420. The van der Waals surface area contributed by atoms with Crippen LogP contribution in [0.5, 0.6) is 5.75 Å². The first-order valence-electron chi connectivity index (χ1n) is 11.2. The Morgan fingerprint density at radius 3 is 2.42 bits per heavy atom. The number of hydrogen-bond acceptors (Lipinski definition) is 4. The van der Waals surface area contributed by atoms with Crippen LogP contribution in [0.15, 0.2) is 54.9 Å². The van der Waals surface area contributed by atoms with Gasteiger partial charge in [0.25, 0.3) is 11.8 Å². The highest BCUT2D eigenvalue weighted by Crippen LogP contribution is 2.40. The number of carbonyl (C=O) groups is 2. The van der Waals surface area contributed by atoms with Crippen LogP contribution in [-0.4, -0.2) is 51.0 Å². The second-order valence-corrected chi connectivity index (χ2v) is 8.22. The molecule has 0 bridgehead atoms. The number of para-hydroxylation sites is 1. The van der Waals surface area contributed by atoms with Crippen LogP contribution in [0, 0.1) is 0 Å². The van der Waals surface area contributed by atoms with Gasteiger partial charge in [-0.05, 0) is 31.3 Å². The van der Waals surface area contributed by atoms with Crippen molar-refractivity contribution in [1.82, 2.24) is 19.8 Å². The number of nitrogens with zero attached hydrogens (tertiary/aromatic N) is 2. The highest BCUT2D eigenvalue weighted by Gasteiger charge is 2.35. The van der Waals surface area contributed by atoms with E-state index in [0.29, 0.717) is 28.6 Å². The van der Waals surface area contributed by atoms with E-state index in [1.165, 1.54) is 0 Å². The van der Waals surface area contributed by atoms with Crippen LogP contribution in [0.4, 0.5) is 0 Å². The Labute approximate surface area is 191 Å². The van der Waals surface area contributed by atoms with Crippen LogP contribution in [0.25, 0.3) is 33.0 Å². The van der Waals surface area contributed by atoms with Gasteiger partial charge in [-0.25, -0.2) is 0 Å². The van der Waals surface area contributed by atoms with Crippen LogP contribution < -0.4 is 5.32 Å². The van der Waals surface area contributed by atoms with Crippen molar-refractivity contribution in [1.29, 1.82) is 0 Å². The fourth-order valence-electron chi connectivity index (χ4n) is 4.74. The molecule has 2 aromatic heterocycles. The average Bonchev–Trinajstić information content (AvgIpc) is 3.48. The average molecular weight is 443 g/mol. The highest BCUT2D eigenvalue weighted by atomic mass is 16.3. The Kier molecular flexibility index (Phi) is 5.26. The summed E-state index contributed by atoms with van der Waals surface area (Å²) < 4.78 is 2.05. The fourth-order valence-corrected chi connectivity index (χ4v) is 4.74. The Balaban J connectivity index is 1.73. The molecule has 7 nitrogen and oxygen atoms in total. The summed E-state index contributed by atoms with van der Waals surface area (Å²) in [6, 6.07) is 13.0. The summed E-state index contributed by atoms with van der Waals surface area (Å²) in [7, 11) is 0. The van der Waals surface area contributed by atoms with Gasteiger partial charge in [-0.15, -0.1) is 0 Å². The number of H-pyrrole nitrogens is 1. The number of carbonyl (C=O) groups excluding carboxylic acids is 2. The number of nitrogens with one attached hydrogen (secondary N) is 2. The number of imide groups is 1. The molecule has 0 saturated carbocycles. The van der Waals surface area contributed by atoms with Gasteiger partial charge in [0.05, 0.1) is 16.7 Å². The lowest BCUT2D eigenvalue weighted by Crippen LogP contribution is -2.26. The van der Waals surface area contributed by atoms with Gasteiger partial charge in [-0.1, -0.05) is 38.1 Å². The number of aromatic amines is 1. The van der Waals surface area contributed by atoms with Gasteiger partial charge in [-0.3, -0.25) is 14.9 Å². The third-order valence-corrected chi connectivity index (χ3v) is 6.49. The number of phenols is 1. The smallest absolute Gasteiger partial charge is 0.259 e. The lowest BCUT2D eigenvalue weighted by atomic mass is 9.95. The topological polar surface area (TPSA) is 90.4 Å². The molecule has 0 unspecified atom stereocenters. The van der Waals surface area contributed by atoms with Crippen molar-refractivity contribution in [3.8, 4) is 5.75 Å². The molecule has 0 radical (unpaired) electrons. The lowest BCUT2D eigenvalue weighted by molar-refractivity contribution is -0.122. The molecule has 33 heavy (non-hydrogen) atoms. The summed E-state index contributed by atoms with van der Waals surface area (Å²) in [6.45, 7) is 7.68. The van der Waals surface area contributed by atoms with Gasteiger partial charge >= 0.3 is 0 Å². The van der Waals surface area contributed by atoms with Crippen molar-refractivity contribution in [2.75, 3.05) is 19.6 Å². The molecule has 0 fully saturated rings. The maximum Gasteiger partial charge on any atom is 0.259 e. The minimum Gasteiger partial charge on any atom is -0.507 e. The first-order valence-corrected chi connectivity index (χ1v) is 11.2. The van der Waals surface area contributed by atoms with Crippen molar-refractivity contribution >= 4 is 44.8 Å². The zero-order valence-electron chi connectivity index (χ0n) is 18.7. The molecule has 0 atom stereocenters. The van der Waals surface area contributed by atoms with Crippen molar-refractivity contribution in [2.45, 2.75) is 20.4 Å². The number of benzene rings is 2. The summed E-state index contributed by atoms with van der Waals surface area (Å²) in [6.07, 6.45) is 3.65. The van der Waals surface area contributed by atoms with E-state index >= 15 is 0 Å². The first kappa shape index (κ1) is 21.0. The zero-order chi connectivity index (χ0) is 23.1. The molecule has 1 aliphatic heterocycles. The largest absolute Gasteiger partial charge is 0.507 e. The van der Waals surface area contributed by atoms with E-state index in [0.717, 1.165) is 36.1 Å². The molecular formula is C26H26N4O3. The summed E-state index contributed by atoms with van der Waals surface area (Å²) >= 11 is 0. The molecule has 168 valence electrons. The SMILES string of the molecule is CCN(CC)CCn1cc(C2=C(c3c[nH]c4ccccc34)C(=O)NC2=O)c2c(O)cccc21. The van der Waals surface area contributed by atoms with E-state index in [4.69, 9.17) is 0 Å². The van der Waals surface area contributed by atoms with Gasteiger partial charge < -0.3 is 19.6 Å². The van der Waals surface area contributed by atoms with Gasteiger partial charge in [0, 0.05) is 52.9 Å². The number of fused-ring (bicyclic) bond motifs is 2. The number of amides is 2. The van der Waals surface area contributed by atoms with Crippen LogP contribution >= 0.6 is 0 Å². The van der Waals surface area contributed by atoms with Crippen LogP contribution in [-0.2, 0) is 16.1 Å². The maximum atomic E-state index is 13.1. The third-order valence-electron chi connectivity index (χ3n) is 6.49. The molecule has 0 spiro atoms. The van der Waals surface area contributed by atoms with Crippen molar-refractivity contribution < 1.29 is 14.7 Å². The Morgan fingerprint density at radius 1 is 0.939 bits per heavy atom. The molecule has 0 saturated heterocycles. The van der Waals surface area contributed by atoms with E-state index in [1.807, 2.05) is 36.5 Å². The van der Waals surface area contributed by atoms with E-state index < -0.39 is 11.8 Å². The number of aromatic nitrogens is 2. The zero-order valence-corrected chi connectivity index (χ0v) is 18.7. The van der Waals surface area contributed by atoms with E-state index in [9.17, 15) is 14.7 Å². The number of aromatic hydroxyl groups is 1. The first-order chi connectivity index (χ1) is 16.0. The fraction of sp³-hybridized carbons (Fsp3) is 0.231. The number of likely N-dealkylation sites (N-methyl/N-ethyl adjacent to an activating group) is 1. The summed E-state index contributed by atoms with van der Waals surface area (Å²) in [5.74, 6) is -0.799. The van der Waals surface area contributed by atoms with Crippen molar-refractivity contribution in [3.63, 3.8) is 0 Å². The van der Waals surface area contributed by atoms with Gasteiger partial charge in [0.15, 0.2) is 0 Å². The quantitative estimate of drug-likeness (QED) is 0.381. The molecule has 4 aromatic rings. The number of phenolic OH excluding ortho intramolecular Hbond substituents is 1. The minimum atomic E-state index is -0.452. The lowest BCUT2D eigenvalue weighted by Gasteiger charge is -2.18. The monoisotopic (exact) mass is 442 g/mol. The van der Waals surface area contributed by atoms with Crippen LogP contribution in [0.2, 0.25) is 0 Å². The van der Waals surface area contributed by atoms with E-state index in [2.05, 4.69) is 33.6 Å². The molecule has 1 aliphatic rings. The van der Waals surface area contributed by atoms with E-state index in [1.54, 1.807) is 18.3 Å². The van der Waals surface area contributed by atoms with Gasteiger partial charge in [0.1, 0.15) is 5.75 Å². The molecular weight excluding hydrogens is 416 g/mol. The van der Waals surface area contributed by atoms with Crippen molar-refractivity contribution in [3.05, 3.63) is 66.0 Å². The molecule has 7 heteroatoms. The molecule has 3 heterocycles. The van der Waals surface area contributed by atoms with Crippen molar-refractivity contribution in [2.24, 2.45) is 0 Å². The van der Waals surface area contributed by atoms with E-state index in [-0.39, 0.29) is 11.3 Å². The summed E-state index contributed by atoms with van der Waals surface area (Å²) in [4.78, 5) is 31.5. The number of hydrogen-bond donors (Lipinski definition) is 3. The normalized spacial score (nSPS) is 14.3. The second kappa shape index (κ2) is 8.26. The predicted molar refractivity (Wildman–Crippen MR) is 130 cm³/mol. The van der Waals surface area contributed by atoms with Crippen LogP contribution in [0.3, 0.4) is 0 Å². The Hall–Kier alpha value is -3.84. The number of rotatable bonds is 7. The molecule has 3 N–H and O–H groups in total. The Morgan fingerprint density at radius 2 is 1.67 bits per heavy atom. The second-order valence-electron chi connectivity index (χ2n) is 8.22. The third kappa shape index (κ3) is 3.41. The standard InChI is InChI=1S/C26H26N4O3/c1-3-29(4-2)12-13-30-15-18(22-20(30)10-7-11-21(22)31)24-23(25(32)28-26(24)33)17-14-27-19-9-6-5-8-16(17)19/h5-11,14-15,27,31H,3-4,12-13H2,1-2H3,(H,28,32,33). The molecule has 5 rings (SSSR count). The van der Waals surface area contributed by atoms with Crippen LogP contribution in [0.1, 0.15) is 25.0 Å². The summed E-state index contributed by atoms with van der Waals surface area (Å²) in [5.41, 5.74) is 3.56. The predicted octanol–water partition coefficient (Wildman–Crippen LogP) is 3.74. The molecule has 0 aliphatic carbocycles.